The van der Waals surface area contributed by atoms with Crippen molar-refractivity contribution in [2.75, 3.05) is 6.54 Å². The maximum absolute atomic E-state index is 3.43. The second-order valence-corrected chi connectivity index (χ2v) is 5.41. The molecule has 0 spiro atoms. The van der Waals surface area contributed by atoms with Gasteiger partial charge in [0, 0.05) is 6.54 Å². The van der Waals surface area contributed by atoms with Gasteiger partial charge in [-0.3, -0.25) is 0 Å². The van der Waals surface area contributed by atoms with E-state index in [0.29, 0.717) is 0 Å². The summed E-state index contributed by atoms with van der Waals surface area (Å²) < 4.78 is 0. The molecular formula is C20H21N. The van der Waals surface area contributed by atoms with Crippen LogP contribution in [0.3, 0.4) is 0 Å². The van der Waals surface area contributed by atoms with Crippen LogP contribution in [0.15, 0.2) is 60.7 Å². The maximum atomic E-state index is 3.43. The average Bonchev–Trinajstić information content (AvgIpc) is 2.54. The van der Waals surface area contributed by atoms with Crippen molar-refractivity contribution >= 4 is 10.8 Å². The Hall–Kier alpha value is -2.12. The second kappa shape index (κ2) is 6.11. The Bertz CT molecular complexity index is 759. The molecule has 0 aromatic heterocycles. The summed E-state index contributed by atoms with van der Waals surface area (Å²) >= 11 is 0. The van der Waals surface area contributed by atoms with Gasteiger partial charge in [0.1, 0.15) is 0 Å². The van der Waals surface area contributed by atoms with E-state index in [2.05, 4.69) is 79.8 Å². The zero-order valence-electron chi connectivity index (χ0n) is 12.7. The van der Waals surface area contributed by atoms with Gasteiger partial charge in [0.2, 0.25) is 0 Å². The van der Waals surface area contributed by atoms with Crippen LogP contribution in [0.5, 0.6) is 0 Å². The van der Waals surface area contributed by atoms with E-state index in [9.17, 15) is 0 Å². The summed E-state index contributed by atoms with van der Waals surface area (Å²) in [5.74, 6) is 0. The van der Waals surface area contributed by atoms with Crippen LogP contribution < -0.4 is 5.32 Å². The summed E-state index contributed by atoms with van der Waals surface area (Å²) in [6.45, 7) is 6.22. The lowest BCUT2D eigenvalue weighted by Gasteiger charge is -2.14. The Kier molecular flexibility index (Phi) is 4.03. The third kappa shape index (κ3) is 2.70. The highest BCUT2D eigenvalue weighted by molar-refractivity contribution is 5.99. The highest BCUT2D eigenvalue weighted by atomic mass is 14.8. The van der Waals surface area contributed by atoms with Gasteiger partial charge in [0.05, 0.1) is 0 Å². The van der Waals surface area contributed by atoms with Crippen LogP contribution in [-0.2, 0) is 6.54 Å². The van der Waals surface area contributed by atoms with Gasteiger partial charge in [-0.05, 0) is 46.5 Å². The molecule has 0 atom stereocenters. The molecule has 0 fully saturated rings. The molecule has 3 rings (SSSR count). The predicted molar refractivity (Wildman–Crippen MR) is 91.5 cm³/mol. The van der Waals surface area contributed by atoms with E-state index in [1.165, 1.54) is 33.0 Å². The molecule has 0 aliphatic heterocycles. The van der Waals surface area contributed by atoms with Crippen molar-refractivity contribution in [2.24, 2.45) is 0 Å². The van der Waals surface area contributed by atoms with Gasteiger partial charge in [-0.2, -0.15) is 0 Å². The van der Waals surface area contributed by atoms with Crippen LogP contribution >= 0.6 is 0 Å². The quantitative estimate of drug-likeness (QED) is 0.712. The zero-order valence-corrected chi connectivity index (χ0v) is 12.7. The highest BCUT2D eigenvalue weighted by Crippen LogP contribution is 2.32. The number of aryl methyl sites for hydroxylation is 1. The molecule has 1 nitrogen and oxygen atoms in total. The Morgan fingerprint density at radius 1 is 0.762 bits per heavy atom. The van der Waals surface area contributed by atoms with E-state index < -0.39 is 0 Å². The Balaban J connectivity index is 2.19. The molecule has 0 saturated heterocycles. The first-order valence-corrected chi connectivity index (χ1v) is 7.58. The molecular weight excluding hydrogens is 254 g/mol. The number of fused-ring (bicyclic) bond motifs is 1. The zero-order chi connectivity index (χ0) is 14.7. The average molecular weight is 275 g/mol. The molecule has 0 heterocycles. The molecule has 0 aliphatic rings. The topological polar surface area (TPSA) is 12.0 Å². The minimum Gasteiger partial charge on any atom is -0.313 e. The summed E-state index contributed by atoms with van der Waals surface area (Å²) in [5.41, 5.74) is 5.34. The lowest BCUT2D eigenvalue weighted by Crippen LogP contribution is -2.12. The van der Waals surface area contributed by atoms with Gasteiger partial charge in [0.25, 0.3) is 0 Å². The number of rotatable bonds is 4. The normalized spacial score (nSPS) is 11.0. The molecule has 0 aliphatic carbocycles. The van der Waals surface area contributed by atoms with Crippen molar-refractivity contribution < 1.29 is 0 Å². The van der Waals surface area contributed by atoms with Gasteiger partial charge >= 0.3 is 0 Å². The molecule has 1 N–H and O–H groups in total. The molecule has 1 heteroatoms. The first kappa shape index (κ1) is 13.8. The Labute approximate surface area is 126 Å². The van der Waals surface area contributed by atoms with Gasteiger partial charge in [-0.1, -0.05) is 67.6 Å². The van der Waals surface area contributed by atoms with Crippen LogP contribution in [0.2, 0.25) is 0 Å². The van der Waals surface area contributed by atoms with Crippen molar-refractivity contribution in [2.45, 2.75) is 20.4 Å². The van der Waals surface area contributed by atoms with Crippen molar-refractivity contribution in [3.05, 3.63) is 71.8 Å². The number of hydrogen-bond donors (Lipinski definition) is 1. The van der Waals surface area contributed by atoms with E-state index in [0.717, 1.165) is 13.1 Å². The van der Waals surface area contributed by atoms with Crippen molar-refractivity contribution in [3.63, 3.8) is 0 Å². The molecule has 0 radical (unpaired) electrons. The fourth-order valence-electron chi connectivity index (χ4n) is 2.88. The molecule has 0 saturated carbocycles. The third-order valence-electron chi connectivity index (χ3n) is 4.02. The van der Waals surface area contributed by atoms with E-state index in [4.69, 9.17) is 0 Å². The molecule has 106 valence electrons. The van der Waals surface area contributed by atoms with Gasteiger partial charge in [-0.25, -0.2) is 0 Å². The van der Waals surface area contributed by atoms with E-state index in [1.807, 2.05) is 0 Å². The molecule has 0 unspecified atom stereocenters. The Morgan fingerprint density at radius 3 is 2.29 bits per heavy atom. The number of benzene rings is 3. The minimum absolute atomic E-state index is 0.912. The van der Waals surface area contributed by atoms with Crippen LogP contribution in [0.25, 0.3) is 21.9 Å². The van der Waals surface area contributed by atoms with E-state index in [-0.39, 0.29) is 0 Å². The molecule has 0 bridgehead atoms. The second-order valence-electron chi connectivity index (χ2n) is 5.41. The fraction of sp³-hybridized carbons (Fsp3) is 0.200. The van der Waals surface area contributed by atoms with Crippen LogP contribution in [0.4, 0.5) is 0 Å². The van der Waals surface area contributed by atoms with Gasteiger partial charge in [-0.15, -0.1) is 0 Å². The van der Waals surface area contributed by atoms with Crippen molar-refractivity contribution in [1.29, 1.82) is 0 Å². The molecule has 3 aromatic carbocycles. The molecule has 3 aromatic rings. The summed E-state index contributed by atoms with van der Waals surface area (Å²) in [4.78, 5) is 0. The van der Waals surface area contributed by atoms with Gasteiger partial charge < -0.3 is 5.32 Å². The number of hydrogen-bond acceptors (Lipinski definition) is 1. The van der Waals surface area contributed by atoms with Crippen molar-refractivity contribution in [1.82, 2.24) is 5.32 Å². The minimum atomic E-state index is 0.912. The lowest BCUT2D eigenvalue weighted by molar-refractivity contribution is 0.728. The summed E-state index contributed by atoms with van der Waals surface area (Å²) in [5, 5.41) is 6.11. The van der Waals surface area contributed by atoms with Gasteiger partial charge in [0.15, 0.2) is 0 Å². The van der Waals surface area contributed by atoms with Crippen molar-refractivity contribution in [3.8, 4) is 11.1 Å². The van der Waals surface area contributed by atoms with Crippen LogP contribution in [0, 0.1) is 6.92 Å². The third-order valence-corrected chi connectivity index (χ3v) is 4.02. The highest BCUT2D eigenvalue weighted by Gasteiger charge is 2.08. The Morgan fingerprint density at radius 2 is 1.48 bits per heavy atom. The van der Waals surface area contributed by atoms with Crippen LogP contribution in [0.1, 0.15) is 18.1 Å². The lowest BCUT2D eigenvalue weighted by atomic mass is 9.93. The summed E-state index contributed by atoms with van der Waals surface area (Å²) in [6, 6.07) is 21.8. The number of nitrogens with one attached hydrogen (secondary N) is 1. The standard InChI is InChI=1S/C20H21N/c1-3-21-14-16-8-4-5-10-18(16)20-13-12-15(2)17-9-6-7-11-19(17)20/h4-13,21H,3,14H2,1-2H3. The smallest absolute Gasteiger partial charge is 0.0211 e. The van der Waals surface area contributed by atoms with E-state index >= 15 is 0 Å². The summed E-state index contributed by atoms with van der Waals surface area (Å²) in [7, 11) is 0. The largest absolute Gasteiger partial charge is 0.313 e. The monoisotopic (exact) mass is 275 g/mol. The van der Waals surface area contributed by atoms with E-state index in [1.54, 1.807) is 0 Å². The van der Waals surface area contributed by atoms with Crippen LogP contribution in [-0.4, -0.2) is 6.54 Å². The predicted octanol–water partition coefficient (Wildman–Crippen LogP) is 4.92. The first-order chi connectivity index (χ1) is 10.3. The maximum Gasteiger partial charge on any atom is 0.0211 e. The molecule has 21 heavy (non-hydrogen) atoms. The molecule has 0 amide bonds. The first-order valence-electron chi connectivity index (χ1n) is 7.58. The summed E-state index contributed by atoms with van der Waals surface area (Å²) in [6.07, 6.45) is 0. The fourth-order valence-corrected chi connectivity index (χ4v) is 2.88. The SMILES string of the molecule is CCNCc1ccccc1-c1ccc(C)c2ccccc12.